The molecule has 1 aromatic rings. The minimum absolute atomic E-state index is 0.373. The van der Waals surface area contributed by atoms with Gasteiger partial charge in [0.2, 0.25) is 0 Å². The summed E-state index contributed by atoms with van der Waals surface area (Å²) in [5.41, 5.74) is -0.129. The zero-order valence-electron chi connectivity index (χ0n) is 10.7. The number of likely N-dealkylation sites (N-methyl/N-ethyl adjacent to an activating group) is 1. The van der Waals surface area contributed by atoms with Crippen molar-refractivity contribution < 1.29 is 13.2 Å². The second-order valence-electron chi connectivity index (χ2n) is 4.88. The summed E-state index contributed by atoms with van der Waals surface area (Å²) in [4.78, 5) is 4.27. The van der Waals surface area contributed by atoms with Crippen molar-refractivity contribution in [3.05, 3.63) is 32.9 Å². The fraction of sp³-hybridized carbons (Fsp3) is 0.538. The minimum Gasteiger partial charge on any atom is -0.304 e. The Morgan fingerprint density at radius 1 is 1.16 bits per heavy atom. The molecule has 0 radical (unpaired) electrons. The van der Waals surface area contributed by atoms with Crippen LogP contribution in [0, 0.1) is 3.57 Å². The summed E-state index contributed by atoms with van der Waals surface area (Å²) in [6.07, 6.45) is -4.27. The van der Waals surface area contributed by atoms with Crippen molar-refractivity contribution >= 4 is 22.6 Å². The van der Waals surface area contributed by atoms with E-state index in [2.05, 4.69) is 9.80 Å². The summed E-state index contributed by atoms with van der Waals surface area (Å²) in [6, 6.07) is 4.57. The van der Waals surface area contributed by atoms with Gasteiger partial charge in [0, 0.05) is 36.3 Å². The van der Waals surface area contributed by atoms with Crippen LogP contribution in [-0.4, -0.2) is 43.0 Å². The molecule has 1 aliphatic heterocycles. The maximum absolute atomic E-state index is 13.0. The lowest BCUT2D eigenvalue weighted by molar-refractivity contribution is -0.138. The Kier molecular flexibility index (Phi) is 4.73. The maximum Gasteiger partial charge on any atom is 0.416 e. The normalized spacial score (nSPS) is 18.8. The first kappa shape index (κ1) is 15.1. The Morgan fingerprint density at radius 3 is 2.37 bits per heavy atom. The van der Waals surface area contributed by atoms with Gasteiger partial charge in [-0.15, -0.1) is 0 Å². The van der Waals surface area contributed by atoms with Crippen molar-refractivity contribution in [3.8, 4) is 0 Å². The number of benzene rings is 1. The van der Waals surface area contributed by atoms with Crippen LogP contribution >= 0.6 is 22.6 Å². The highest BCUT2D eigenvalue weighted by molar-refractivity contribution is 14.1. The van der Waals surface area contributed by atoms with Gasteiger partial charge in [-0.1, -0.05) is 6.07 Å². The molecule has 1 aromatic carbocycles. The molecule has 0 bridgehead atoms. The average molecular weight is 384 g/mol. The predicted molar refractivity (Wildman–Crippen MR) is 76.9 cm³/mol. The van der Waals surface area contributed by atoms with Crippen LogP contribution in [0.4, 0.5) is 13.2 Å². The van der Waals surface area contributed by atoms with Crippen molar-refractivity contribution in [2.45, 2.75) is 12.7 Å². The lowest BCUT2D eigenvalue weighted by Gasteiger charge is -2.32. The summed E-state index contributed by atoms with van der Waals surface area (Å²) < 4.78 is 39.7. The van der Waals surface area contributed by atoms with E-state index in [1.165, 1.54) is 6.07 Å². The lowest BCUT2D eigenvalue weighted by atomic mass is 10.1. The van der Waals surface area contributed by atoms with Crippen LogP contribution in [0.15, 0.2) is 18.2 Å². The highest BCUT2D eigenvalue weighted by Gasteiger charge is 2.33. The third kappa shape index (κ3) is 4.06. The van der Waals surface area contributed by atoms with Crippen LogP contribution in [0.1, 0.15) is 11.1 Å². The van der Waals surface area contributed by atoms with Gasteiger partial charge in [-0.3, -0.25) is 4.90 Å². The van der Waals surface area contributed by atoms with Gasteiger partial charge in [0.1, 0.15) is 0 Å². The molecule has 0 unspecified atom stereocenters. The highest BCUT2D eigenvalue weighted by Crippen LogP contribution is 2.33. The first-order valence-corrected chi connectivity index (χ1v) is 7.20. The van der Waals surface area contributed by atoms with E-state index in [0.29, 0.717) is 15.7 Å². The summed E-state index contributed by atoms with van der Waals surface area (Å²) in [6.45, 7) is 3.83. The monoisotopic (exact) mass is 384 g/mol. The number of hydrogen-bond donors (Lipinski definition) is 0. The molecule has 0 amide bonds. The Bertz CT molecular complexity index is 440. The fourth-order valence-electron chi connectivity index (χ4n) is 2.20. The molecular formula is C13H16F3IN2. The summed E-state index contributed by atoms with van der Waals surface area (Å²) in [5.74, 6) is 0. The third-order valence-electron chi connectivity index (χ3n) is 3.37. The van der Waals surface area contributed by atoms with Crippen molar-refractivity contribution in [1.29, 1.82) is 0 Å². The second-order valence-corrected chi connectivity index (χ2v) is 6.12. The topological polar surface area (TPSA) is 6.48 Å². The lowest BCUT2D eigenvalue weighted by Crippen LogP contribution is -2.44. The molecule has 0 N–H and O–H groups in total. The highest BCUT2D eigenvalue weighted by atomic mass is 127. The molecule has 0 aromatic heterocycles. The second kappa shape index (κ2) is 5.97. The Morgan fingerprint density at radius 2 is 1.79 bits per heavy atom. The van der Waals surface area contributed by atoms with Gasteiger partial charge in [-0.25, -0.2) is 0 Å². The van der Waals surface area contributed by atoms with E-state index in [9.17, 15) is 13.2 Å². The number of alkyl halides is 3. The van der Waals surface area contributed by atoms with Gasteiger partial charge in [0.05, 0.1) is 5.56 Å². The smallest absolute Gasteiger partial charge is 0.304 e. The van der Waals surface area contributed by atoms with Gasteiger partial charge in [0.15, 0.2) is 0 Å². The van der Waals surface area contributed by atoms with E-state index >= 15 is 0 Å². The molecule has 1 fully saturated rings. The van der Waals surface area contributed by atoms with Crippen LogP contribution in [0.5, 0.6) is 0 Å². The Labute approximate surface area is 124 Å². The number of nitrogens with zero attached hydrogens (tertiary/aromatic N) is 2. The van der Waals surface area contributed by atoms with Crippen molar-refractivity contribution in [3.63, 3.8) is 0 Å². The zero-order chi connectivity index (χ0) is 14.0. The first-order chi connectivity index (χ1) is 8.86. The Balaban J connectivity index is 2.16. The molecule has 6 heteroatoms. The number of rotatable bonds is 2. The quantitative estimate of drug-likeness (QED) is 0.724. The van der Waals surface area contributed by atoms with E-state index < -0.39 is 11.7 Å². The zero-order valence-corrected chi connectivity index (χ0v) is 12.8. The summed E-state index contributed by atoms with van der Waals surface area (Å²) in [7, 11) is 2.03. The van der Waals surface area contributed by atoms with Gasteiger partial charge in [-0.05, 0) is 47.3 Å². The number of piperazine rings is 1. The van der Waals surface area contributed by atoms with Gasteiger partial charge >= 0.3 is 6.18 Å². The fourth-order valence-corrected chi connectivity index (χ4v) is 2.69. The molecule has 106 valence electrons. The first-order valence-electron chi connectivity index (χ1n) is 6.13. The Hall–Kier alpha value is -0.340. The van der Waals surface area contributed by atoms with Crippen molar-refractivity contribution in [2.75, 3.05) is 33.2 Å². The standard InChI is InChI=1S/C13H16F3IN2/c1-18-4-6-19(7-5-18)9-10-2-3-11(17)8-12(10)13(14,15)16/h2-3,8H,4-7,9H2,1H3. The van der Waals surface area contributed by atoms with Crippen LogP contribution in [-0.2, 0) is 12.7 Å². The van der Waals surface area contributed by atoms with Gasteiger partial charge in [0.25, 0.3) is 0 Å². The molecule has 1 heterocycles. The van der Waals surface area contributed by atoms with Crippen LogP contribution < -0.4 is 0 Å². The molecular weight excluding hydrogens is 368 g/mol. The number of halogens is 4. The SMILES string of the molecule is CN1CCN(Cc2ccc(I)cc2C(F)(F)F)CC1. The number of hydrogen-bond acceptors (Lipinski definition) is 2. The summed E-state index contributed by atoms with van der Waals surface area (Å²) >= 11 is 1.92. The van der Waals surface area contributed by atoms with Gasteiger partial charge in [-0.2, -0.15) is 13.2 Å². The molecule has 19 heavy (non-hydrogen) atoms. The minimum atomic E-state index is -4.27. The average Bonchev–Trinajstić information content (AvgIpc) is 2.33. The van der Waals surface area contributed by atoms with E-state index in [1.54, 1.807) is 12.1 Å². The molecule has 1 saturated heterocycles. The van der Waals surface area contributed by atoms with E-state index in [4.69, 9.17) is 0 Å². The maximum atomic E-state index is 13.0. The van der Waals surface area contributed by atoms with Crippen molar-refractivity contribution in [1.82, 2.24) is 9.80 Å². The third-order valence-corrected chi connectivity index (χ3v) is 4.04. The van der Waals surface area contributed by atoms with Crippen LogP contribution in [0.3, 0.4) is 0 Å². The van der Waals surface area contributed by atoms with Crippen LogP contribution in [0.25, 0.3) is 0 Å². The molecule has 0 atom stereocenters. The molecule has 0 spiro atoms. The molecule has 2 rings (SSSR count). The van der Waals surface area contributed by atoms with Gasteiger partial charge < -0.3 is 4.90 Å². The largest absolute Gasteiger partial charge is 0.416 e. The van der Waals surface area contributed by atoms with Crippen LogP contribution in [0.2, 0.25) is 0 Å². The molecule has 1 aliphatic rings. The van der Waals surface area contributed by atoms with E-state index in [-0.39, 0.29) is 0 Å². The molecule has 2 nitrogen and oxygen atoms in total. The molecule has 0 saturated carbocycles. The molecule has 0 aliphatic carbocycles. The summed E-state index contributed by atoms with van der Waals surface area (Å²) in [5, 5.41) is 0. The van der Waals surface area contributed by atoms with E-state index in [0.717, 1.165) is 26.2 Å². The van der Waals surface area contributed by atoms with E-state index in [1.807, 2.05) is 29.6 Å². The van der Waals surface area contributed by atoms with Crippen molar-refractivity contribution in [2.24, 2.45) is 0 Å². The predicted octanol–water partition coefficient (Wildman–Crippen LogP) is 3.06.